The highest BCUT2D eigenvalue weighted by Gasteiger charge is 2.22. The van der Waals surface area contributed by atoms with E-state index in [-0.39, 0.29) is 5.91 Å². The summed E-state index contributed by atoms with van der Waals surface area (Å²) in [5, 5.41) is 9.44. The first kappa shape index (κ1) is 20.6. The normalized spacial score (nSPS) is 14.1. The topological polar surface area (TPSA) is 63.5 Å². The minimum absolute atomic E-state index is 0.107. The van der Waals surface area contributed by atoms with Crippen LogP contribution >= 0.6 is 23.4 Å². The molecular weight excluding hydrogens is 422 g/mol. The van der Waals surface area contributed by atoms with Crippen molar-refractivity contribution in [2.75, 3.05) is 43.9 Å². The molecule has 0 atom stereocenters. The molecule has 0 radical (unpaired) electrons. The summed E-state index contributed by atoms with van der Waals surface area (Å²) in [7, 11) is 1.66. The number of piperazine rings is 1. The van der Waals surface area contributed by atoms with E-state index in [9.17, 15) is 4.79 Å². The summed E-state index contributed by atoms with van der Waals surface area (Å²) in [6, 6.07) is 15.5. The van der Waals surface area contributed by atoms with Crippen LogP contribution in [0.2, 0.25) is 5.02 Å². The summed E-state index contributed by atoms with van der Waals surface area (Å²) >= 11 is 7.47. The Morgan fingerprint density at radius 3 is 2.57 bits per heavy atom. The summed E-state index contributed by atoms with van der Waals surface area (Å²) in [4.78, 5) is 16.9. The van der Waals surface area contributed by atoms with Crippen molar-refractivity contribution in [3.8, 4) is 11.4 Å². The molecule has 0 spiro atoms. The van der Waals surface area contributed by atoms with Crippen LogP contribution in [0.5, 0.6) is 5.75 Å². The van der Waals surface area contributed by atoms with Gasteiger partial charge in [0.2, 0.25) is 5.91 Å². The third-order valence-corrected chi connectivity index (χ3v) is 6.16. The molecule has 30 heavy (non-hydrogen) atoms. The average Bonchev–Trinajstić information content (AvgIpc) is 3.26. The number of hydrogen-bond donors (Lipinski definition) is 0. The van der Waals surface area contributed by atoms with E-state index in [2.05, 4.69) is 27.2 Å². The molecule has 7 nitrogen and oxygen atoms in total. The van der Waals surface area contributed by atoms with Crippen LogP contribution < -0.4 is 9.64 Å². The van der Waals surface area contributed by atoms with Gasteiger partial charge in [0.25, 0.3) is 0 Å². The molecule has 1 aromatic heterocycles. The monoisotopic (exact) mass is 443 g/mol. The van der Waals surface area contributed by atoms with Gasteiger partial charge in [0.15, 0.2) is 5.16 Å². The van der Waals surface area contributed by atoms with Gasteiger partial charge in [-0.3, -0.25) is 9.36 Å². The van der Waals surface area contributed by atoms with Gasteiger partial charge in [-0.2, -0.15) is 0 Å². The number of methoxy groups -OCH3 is 1. The molecule has 2 heterocycles. The maximum atomic E-state index is 12.7. The third kappa shape index (κ3) is 4.71. The van der Waals surface area contributed by atoms with Gasteiger partial charge in [-0.05, 0) is 42.5 Å². The van der Waals surface area contributed by atoms with Crippen LogP contribution in [-0.4, -0.2) is 64.6 Å². The third-order valence-electron chi connectivity index (χ3n) is 5.00. The van der Waals surface area contributed by atoms with E-state index in [1.165, 1.54) is 11.8 Å². The van der Waals surface area contributed by atoms with Crippen molar-refractivity contribution in [3.05, 3.63) is 59.9 Å². The molecule has 4 rings (SSSR count). The predicted octanol–water partition coefficient (Wildman–Crippen LogP) is 3.37. The summed E-state index contributed by atoms with van der Waals surface area (Å²) in [5.41, 5.74) is 2.02. The first-order chi connectivity index (χ1) is 14.6. The molecule has 0 bridgehead atoms. The Bertz CT molecular complexity index is 1000. The molecule has 1 aliphatic rings. The number of ether oxygens (including phenoxy) is 1. The Labute approximate surface area is 184 Å². The van der Waals surface area contributed by atoms with Gasteiger partial charge in [0.1, 0.15) is 12.1 Å². The van der Waals surface area contributed by atoms with Crippen molar-refractivity contribution in [3.63, 3.8) is 0 Å². The highest BCUT2D eigenvalue weighted by Crippen LogP contribution is 2.23. The molecule has 0 unspecified atom stereocenters. The van der Waals surface area contributed by atoms with Crippen LogP contribution in [-0.2, 0) is 4.79 Å². The van der Waals surface area contributed by atoms with Crippen molar-refractivity contribution in [1.29, 1.82) is 0 Å². The zero-order chi connectivity index (χ0) is 20.9. The maximum absolute atomic E-state index is 12.7. The Morgan fingerprint density at radius 2 is 1.87 bits per heavy atom. The minimum Gasteiger partial charge on any atom is -0.497 e. The molecule has 1 amide bonds. The van der Waals surface area contributed by atoms with Crippen molar-refractivity contribution < 1.29 is 9.53 Å². The minimum atomic E-state index is 0.107. The SMILES string of the molecule is COc1ccc(N2CCN(C(=O)CSc3nncn3-c3cccc(Cl)c3)CC2)cc1. The Morgan fingerprint density at radius 1 is 1.10 bits per heavy atom. The molecule has 3 aromatic rings. The lowest BCUT2D eigenvalue weighted by Gasteiger charge is -2.36. The highest BCUT2D eigenvalue weighted by atomic mass is 35.5. The average molecular weight is 444 g/mol. The standard InChI is InChI=1S/C21H22ClN5O2S/c1-29-19-7-5-17(6-8-19)25-9-11-26(12-10-25)20(28)14-30-21-24-23-15-27(21)18-4-2-3-16(22)13-18/h2-8,13,15H,9-12,14H2,1H3. The Balaban J connectivity index is 1.31. The lowest BCUT2D eigenvalue weighted by atomic mass is 10.2. The number of carbonyl (C=O) groups excluding carboxylic acids is 1. The molecular formula is C21H22ClN5O2S. The Hall–Kier alpha value is -2.71. The van der Waals surface area contributed by atoms with Crippen molar-refractivity contribution in [2.45, 2.75) is 5.16 Å². The number of hydrogen-bond acceptors (Lipinski definition) is 6. The van der Waals surface area contributed by atoms with Crippen molar-refractivity contribution in [2.24, 2.45) is 0 Å². The number of amides is 1. The molecule has 0 N–H and O–H groups in total. The zero-order valence-electron chi connectivity index (χ0n) is 16.6. The fraction of sp³-hybridized carbons (Fsp3) is 0.286. The fourth-order valence-corrected chi connectivity index (χ4v) is 4.37. The first-order valence-corrected chi connectivity index (χ1v) is 11.0. The molecule has 1 saturated heterocycles. The molecule has 0 aliphatic carbocycles. The van der Waals surface area contributed by atoms with Gasteiger partial charge in [-0.25, -0.2) is 0 Å². The smallest absolute Gasteiger partial charge is 0.233 e. The number of carbonyl (C=O) groups is 1. The van der Waals surface area contributed by atoms with Crippen molar-refractivity contribution >= 4 is 35.0 Å². The van der Waals surface area contributed by atoms with E-state index in [1.54, 1.807) is 13.4 Å². The van der Waals surface area contributed by atoms with Crippen LogP contribution in [0.1, 0.15) is 0 Å². The van der Waals surface area contributed by atoms with Gasteiger partial charge in [0.05, 0.1) is 18.6 Å². The van der Waals surface area contributed by atoms with E-state index < -0.39 is 0 Å². The number of aromatic nitrogens is 3. The Kier molecular flexibility index (Phi) is 6.44. The number of halogens is 1. The second kappa shape index (κ2) is 9.40. The maximum Gasteiger partial charge on any atom is 0.233 e. The highest BCUT2D eigenvalue weighted by molar-refractivity contribution is 7.99. The number of anilines is 1. The van der Waals surface area contributed by atoms with Crippen molar-refractivity contribution in [1.82, 2.24) is 19.7 Å². The predicted molar refractivity (Wildman–Crippen MR) is 119 cm³/mol. The van der Waals surface area contributed by atoms with Gasteiger partial charge in [-0.15, -0.1) is 10.2 Å². The lowest BCUT2D eigenvalue weighted by molar-refractivity contribution is -0.128. The summed E-state index contributed by atoms with van der Waals surface area (Å²) in [6.07, 6.45) is 1.63. The second-order valence-corrected chi connectivity index (χ2v) is 8.20. The summed E-state index contributed by atoms with van der Waals surface area (Å²) in [5.74, 6) is 1.27. The zero-order valence-corrected chi connectivity index (χ0v) is 18.1. The van der Waals surface area contributed by atoms with Crippen LogP contribution in [0.3, 0.4) is 0 Å². The lowest BCUT2D eigenvalue weighted by Crippen LogP contribution is -2.49. The molecule has 0 saturated carbocycles. The van der Waals surface area contributed by atoms with E-state index in [4.69, 9.17) is 16.3 Å². The van der Waals surface area contributed by atoms with E-state index >= 15 is 0 Å². The van der Waals surface area contributed by atoms with Gasteiger partial charge >= 0.3 is 0 Å². The number of thioether (sulfide) groups is 1. The van der Waals surface area contributed by atoms with Gasteiger partial charge < -0.3 is 14.5 Å². The number of nitrogens with zero attached hydrogens (tertiary/aromatic N) is 5. The second-order valence-electron chi connectivity index (χ2n) is 6.82. The van der Waals surface area contributed by atoms with Crippen LogP contribution in [0.25, 0.3) is 5.69 Å². The van der Waals surface area contributed by atoms with E-state index in [0.29, 0.717) is 29.0 Å². The molecule has 9 heteroatoms. The summed E-state index contributed by atoms with van der Waals surface area (Å²) < 4.78 is 7.05. The van der Waals surface area contributed by atoms with Gasteiger partial charge in [-0.1, -0.05) is 29.4 Å². The molecule has 156 valence electrons. The van der Waals surface area contributed by atoms with Crippen LogP contribution in [0.4, 0.5) is 5.69 Å². The number of rotatable bonds is 6. The molecule has 1 aliphatic heterocycles. The fourth-order valence-electron chi connectivity index (χ4n) is 3.35. The largest absolute Gasteiger partial charge is 0.497 e. The molecule has 1 fully saturated rings. The first-order valence-electron chi connectivity index (χ1n) is 9.59. The quantitative estimate of drug-likeness (QED) is 0.544. The number of benzene rings is 2. The van der Waals surface area contributed by atoms with E-state index in [0.717, 1.165) is 30.2 Å². The van der Waals surface area contributed by atoms with Gasteiger partial charge in [0, 0.05) is 36.9 Å². The van der Waals surface area contributed by atoms with Crippen LogP contribution in [0.15, 0.2) is 60.0 Å². The molecule has 2 aromatic carbocycles. The van der Waals surface area contributed by atoms with E-state index in [1.807, 2.05) is 45.9 Å². The summed E-state index contributed by atoms with van der Waals surface area (Å²) in [6.45, 7) is 3.02. The van der Waals surface area contributed by atoms with Crippen LogP contribution in [0, 0.1) is 0 Å².